The summed E-state index contributed by atoms with van der Waals surface area (Å²) in [4.78, 5) is 10.7. The molecule has 0 unspecified atom stereocenters. The summed E-state index contributed by atoms with van der Waals surface area (Å²) in [5, 5.41) is 11.5. The largest absolute Gasteiger partial charge is 0.394 e. The van der Waals surface area contributed by atoms with Gasteiger partial charge in [-0.2, -0.15) is 0 Å². The minimum atomic E-state index is -0.360. The van der Waals surface area contributed by atoms with E-state index in [0.29, 0.717) is 0 Å². The summed E-state index contributed by atoms with van der Waals surface area (Å²) in [6, 6.07) is 6.72. The second-order valence-corrected chi connectivity index (χ2v) is 3.09. The minimum Gasteiger partial charge on any atom is -0.394 e. The smallest absolute Gasteiger partial charge is 0.221 e. The van der Waals surface area contributed by atoms with Gasteiger partial charge in [0.15, 0.2) is 0 Å². The first-order valence-electron chi connectivity index (χ1n) is 4.37. The Morgan fingerprint density at radius 2 is 2.07 bits per heavy atom. The van der Waals surface area contributed by atoms with Crippen LogP contribution in [0.25, 0.3) is 0 Å². The number of aliphatic hydroxyl groups is 1. The van der Waals surface area contributed by atoms with Gasteiger partial charge in [0.05, 0.1) is 12.6 Å². The highest BCUT2D eigenvalue weighted by Crippen LogP contribution is 2.13. The van der Waals surface area contributed by atoms with E-state index < -0.39 is 0 Å². The molecule has 1 aromatic rings. The van der Waals surface area contributed by atoms with Crippen LogP contribution in [0, 0.1) is 0 Å². The lowest BCUT2D eigenvalue weighted by Gasteiger charge is -2.09. The summed E-state index contributed by atoms with van der Waals surface area (Å²) in [5.74, 6) is -0.107. The number of nitrogens with one attached hydrogen (secondary N) is 1. The number of rotatable bonds is 3. The van der Waals surface area contributed by atoms with Crippen molar-refractivity contribution < 1.29 is 9.90 Å². The summed E-state index contributed by atoms with van der Waals surface area (Å²) in [5.41, 5.74) is 7.19. The van der Waals surface area contributed by atoms with Crippen molar-refractivity contribution in [1.82, 2.24) is 0 Å². The van der Waals surface area contributed by atoms with Gasteiger partial charge in [0.25, 0.3) is 0 Å². The highest BCUT2D eigenvalue weighted by atomic mass is 16.3. The molecule has 0 radical (unpaired) electrons. The second-order valence-electron chi connectivity index (χ2n) is 3.09. The number of hydrogen-bond acceptors (Lipinski definition) is 3. The van der Waals surface area contributed by atoms with Crippen molar-refractivity contribution in [2.45, 2.75) is 13.0 Å². The molecule has 0 aliphatic heterocycles. The SMILES string of the molecule is CC(=O)Nc1ccc([C@H](N)CO)cc1. The first kappa shape index (κ1) is 10.7. The van der Waals surface area contributed by atoms with Crippen LogP contribution in [0.3, 0.4) is 0 Å². The van der Waals surface area contributed by atoms with Crippen molar-refractivity contribution in [3.63, 3.8) is 0 Å². The molecule has 0 aromatic heterocycles. The van der Waals surface area contributed by atoms with Gasteiger partial charge in [-0.25, -0.2) is 0 Å². The number of amides is 1. The molecule has 14 heavy (non-hydrogen) atoms. The second kappa shape index (κ2) is 4.74. The molecule has 4 N–H and O–H groups in total. The van der Waals surface area contributed by atoms with Gasteiger partial charge >= 0.3 is 0 Å². The van der Waals surface area contributed by atoms with Crippen molar-refractivity contribution >= 4 is 11.6 Å². The summed E-state index contributed by atoms with van der Waals surface area (Å²) in [6.07, 6.45) is 0. The van der Waals surface area contributed by atoms with E-state index in [2.05, 4.69) is 5.32 Å². The number of benzene rings is 1. The standard InChI is InChI=1S/C10H14N2O2/c1-7(14)12-9-4-2-8(3-5-9)10(11)6-13/h2-5,10,13H,6,11H2,1H3,(H,12,14)/t10-/m1/s1. The molecule has 1 amide bonds. The Bertz CT molecular complexity index is 308. The van der Waals surface area contributed by atoms with E-state index in [9.17, 15) is 4.79 Å². The van der Waals surface area contributed by atoms with Gasteiger partial charge in [0.1, 0.15) is 0 Å². The van der Waals surface area contributed by atoms with Crippen LogP contribution >= 0.6 is 0 Å². The minimum absolute atomic E-state index is 0.0838. The third-order valence-corrected chi connectivity index (χ3v) is 1.86. The van der Waals surface area contributed by atoms with Crippen LogP contribution in [-0.4, -0.2) is 17.6 Å². The molecule has 0 bridgehead atoms. The maximum atomic E-state index is 10.7. The zero-order chi connectivity index (χ0) is 10.6. The van der Waals surface area contributed by atoms with Crippen LogP contribution < -0.4 is 11.1 Å². The summed E-state index contributed by atoms with van der Waals surface area (Å²) in [6.45, 7) is 1.37. The molecule has 0 saturated heterocycles. The molecule has 1 atom stereocenters. The topological polar surface area (TPSA) is 75.4 Å². The van der Waals surface area contributed by atoms with E-state index in [-0.39, 0.29) is 18.6 Å². The summed E-state index contributed by atoms with van der Waals surface area (Å²) in [7, 11) is 0. The molecular weight excluding hydrogens is 180 g/mol. The lowest BCUT2D eigenvalue weighted by atomic mass is 10.1. The predicted molar refractivity (Wildman–Crippen MR) is 54.8 cm³/mol. The zero-order valence-corrected chi connectivity index (χ0v) is 8.03. The van der Waals surface area contributed by atoms with Crippen molar-refractivity contribution in [1.29, 1.82) is 0 Å². The van der Waals surface area contributed by atoms with E-state index in [1.165, 1.54) is 6.92 Å². The monoisotopic (exact) mass is 194 g/mol. The fraction of sp³-hybridized carbons (Fsp3) is 0.300. The molecule has 0 spiro atoms. The van der Waals surface area contributed by atoms with Crippen LogP contribution in [0.4, 0.5) is 5.69 Å². The Kier molecular flexibility index (Phi) is 3.62. The molecule has 0 heterocycles. The fourth-order valence-electron chi connectivity index (χ4n) is 1.12. The van der Waals surface area contributed by atoms with E-state index in [1.54, 1.807) is 24.3 Å². The molecule has 0 fully saturated rings. The van der Waals surface area contributed by atoms with Crippen molar-refractivity contribution in [3.8, 4) is 0 Å². The molecular formula is C10H14N2O2. The number of carbonyl (C=O) groups is 1. The molecule has 0 aliphatic carbocycles. The molecule has 4 heteroatoms. The van der Waals surface area contributed by atoms with E-state index in [0.717, 1.165) is 11.3 Å². The average Bonchev–Trinajstić information content (AvgIpc) is 2.17. The summed E-state index contributed by atoms with van der Waals surface area (Å²) >= 11 is 0. The number of anilines is 1. The van der Waals surface area contributed by atoms with Crippen molar-refractivity contribution in [3.05, 3.63) is 29.8 Å². The molecule has 4 nitrogen and oxygen atoms in total. The van der Waals surface area contributed by atoms with Gasteiger partial charge in [-0.3, -0.25) is 4.79 Å². The van der Waals surface area contributed by atoms with E-state index >= 15 is 0 Å². The van der Waals surface area contributed by atoms with Crippen LogP contribution in [-0.2, 0) is 4.79 Å². The highest BCUT2D eigenvalue weighted by molar-refractivity contribution is 5.88. The highest BCUT2D eigenvalue weighted by Gasteiger charge is 2.03. The maximum absolute atomic E-state index is 10.7. The van der Waals surface area contributed by atoms with Gasteiger partial charge in [-0.15, -0.1) is 0 Å². The van der Waals surface area contributed by atoms with Gasteiger partial charge in [0, 0.05) is 12.6 Å². The Labute approximate surface area is 82.7 Å². The summed E-state index contributed by atoms with van der Waals surface area (Å²) < 4.78 is 0. The number of nitrogens with two attached hydrogens (primary N) is 1. The molecule has 76 valence electrons. The Morgan fingerprint density at radius 1 is 1.50 bits per heavy atom. The number of hydrogen-bond donors (Lipinski definition) is 3. The Hall–Kier alpha value is -1.39. The zero-order valence-electron chi connectivity index (χ0n) is 8.03. The normalized spacial score (nSPS) is 12.2. The molecule has 1 rings (SSSR count). The van der Waals surface area contributed by atoms with Gasteiger partial charge in [0.2, 0.25) is 5.91 Å². The van der Waals surface area contributed by atoms with E-state index in [4.69, 9.17) is 10.8 Å². The van der Waals surface area contributed by atoms with Crippen molar-refractivity contribution in [2.24, 2.45) is 5.73 Å². The first-order chi connectivity index (χ1) is 6.63. The van der Waals surface area contributed by atoms with Crippen molar-refractivity contribution in [2.75, 3.05) is 11.9 Å². The third-order valence-electron chi connectivity index (χ3n) is 1.86. The first-order valence-corrected chi connectivity index (χ1v) is 4.37. The van der Waals surface area contributed by atoms with E-state index in [1.807, 2.05) is 0 Å². The predicted octanol–water partition coefficient (Wildman–Crippen LogP) is 0.637. The van der Waals surface area contributed by atoms with Crippen LogP contribution in [0.15, 0.2) is 24.3 Å². The average molecular weight is 194 g/mol. The van der Waals surface area contributed by atoms with Crippen LogP contribution in [0.2, 0.25) is 0 Å². The maximum Gasteiger partial charge on any atom is 0.221 e. The van der Waals surface area contributed by atoms with Gasteiger partial charge in [-0.1, -0.05) is 12.1 Å². The molecule has 0 aliphatic rings. The molecule has 1 aromatic carbocycles. The number of carbonyl (C=O) groups excluding carboxylic acids is 1. The lowest BCUT2D eigenvalue weighted by Crippen LogP contribution is -2.14. The van der Waals surface area contributed by atoms with Gasteiger partial charge in [-0.05, 0) is 17.7 Å². The Morgan fingerprint density at radius 3 is 2.50 bits per heavy atom. The fourth-order valence-corrected chi connectivity index (χ4v) is 1.12. The van der Waals surface area contributed by atoms with Gasteiger partial charge < -0.3 is 16.2 Å². The van der Waals surface area contributed by atoms with Crippen LogP contribution in [0.5, 0.6) is 0 Å². The third kappa shape index (κ3) is 2.83. The Balaban J connectivity index is 2.73. The quantitative estimate of drug-likeness (QED) is 0.660. The lowest BCUT2D eigenvalue weighted by molar-refractivity contribution is -0.114. The number of aliphatic hydroxyl groups excluding tert-OH is 1. The molecule has 0 saturated carbocycles. The van der Waals surface area contributed by atoms with Crippen LogP contribution in [0.1, 0.15) is 18.5 Å².